The Labute approximate surface area is 138 Å². The van der Waals surface area contributed by atoms with E-state index < -0.39 is 0 Å². The molecule has 118 valence electrons. The van der Waals surface area contributed by atoms with Crippen molar-refractivity contribution in [3.8, 4) is 5.82 Å². The minimum Gasteiger partial charge on any atom is -0.298 e. The van der Waals surface area contributed by atoms with Crippen molar-refractivity contribution in [3.63, 3.8) is 0 Å². The molecule has 3 aromatic rings. The fraction of sp³-hybridized carbons (Fsp3) is 0.375. The average molecular weight is 326 g/mol. The molecule has 4 heterocycles. The van der Waals surface area contributed by atoms with E-state index in [0.717, 1.165) is 31.1 Å². The maximum absolute atomic E-state index is 4.79. The van der Waals surface area contributed by atoms with Crippen molar-refractivity contribution >= 4 is 11.3 Å². The second kappa shape index (κ2) is 6.55. The number of piperidine rings is 1. The average Bonchev–Trinajstić information content (AvgIpc) is 3.29. The summed E-state index contributed by atoms with van der Waals surface area (Å²) in [6, 6.07) is 0. The summed E-state index contributed by atoms with van der Waals surface area (Å²) in [6.07, 6.45) is 13.4. The van der Waals surface area contributed by atoms with Crippen LogP contribution in [0.25, 0.3) is 5.82 Å². The summed E-state index contributed by atoms with van der Waals surface area (Å²) in [6.45, 7) is 3.15. The van der Waals surface area contributed by atoms with Gasteiger partial charge in [-0.05, 0) is 19.4 Å². The van der Waals surface area contributed by atoms with Crippen molar-refractivity contribution in [3.05, 3.63) is 53.4 Å². The van der Waals surface area contributed by atoms with Gasteiger partial charge in [-0.2, -0.15) is 0 Å². The molecule has 0 saturated carbocycles. The number of imidazole rings is 1. The lowest BCUT2D eigenvalue weighted by Gasteiger charge is -2.32. The van der Waals surface area contributed by atoms with Crippen molar-refractivity contribution in [1.82, 2.24) is 29.4 Å². The fourth-order valence-corrected chi connectivity index (χ4v) is 3.70. The molecule has 1 saturated heterocycles. The van der Waals surface area contributed by atoms with Gasteiger partial charge in [-0.1, -0.05) is 0 Å². The summed E-state index contributed by atoms with van der Waals surface area (Å²) in [7, 11) is 0. The predicted octanol–water partition coefficient (Wildman–Crippen LogP) is 2.50. The van der Waals surface area contributed by atoms with E-state index >= 15 is 0 Å². The molecule has 7 heteroatoms. The lowest BCUT2D eigenvalue weighted by Crippen LogP contribution is -2.34. The third kappa shape index (κ3) is 3.30. The van der Waals surface area contributed by atoms with Crippen LogP contribution in [0.5, 0.6) is 0 Å². The highest BCUT2D eigenvalue weighted by Gasteiger charge is 2.23. The molecular formula is C16H18N6S. The monoisotopic (exact) mass is 326 g/mol. The first-order valence-electron chi connectivity index (χ1n) is 7.78. The molecule has 0 N–H and O–H groups in total. The minimum absolute atomic E-state index is 0.438. The van der Waals surface area contributed by atoms with Crippen molar-refractivity contribution < 1.29 is 0 Å². The lowest BCUT2D eigenvalue weighted by molar-refractivity contribution is 0.200. The molecule has 1 fully saturated rings. The molecule has 0 bridgehead atoms. The Bertz CT molecular complexity index is 740. The zero-order valence-electron chi connectivity index (χ0n) is 12.7. The van der Waals surface area contributed by atoms with Crippen LogP contribution in [-0.2, 0) is 6.54 Å². The van der Waals surface area contributed by atoms with E-state index in [4.69, 9.17) is 4.98 Å². The van der Waals surface area contributed by atoms with Crippen LogP contribution < -0.4 is 0 Å². The van der Waals surface area contributed by atoms with E-state index in [9.17, 15) is 0 Å². The Morgan fingerprint density at radius 3 is 3.00 bits per heavy atom. The van der Waals surface area contributed by atoms with Gasteiger partial charge < -0.3 is 0 Å². The van der Waals surface area contributed by atoms with Gasteiger partial charge in [0.2, 0.25) is 0 Å². The second-order valence-corrected chi connectivity index (χ2v) is 6.79. The van der Waals surface area contributed by atoms with Crippen molar-refractivity contribution in [2.45, 2.75) is 25.3 Å². The molecular weight excluding hydrogens is 308 g/mol. The van der Waals surface area contributed by atoms with Crippen LogP contribution in [0.3, 0.4) is 0 Å². The summed E-state index contributed by atoms with van der Waals surface area (Å²) >= 11 is 1.72. The Morgan fingerprint density at radius 1 is 1.17 bits per heavy atom. The lowest BCUT2D eigenvalue weighted by atomic mass is 9.95. The number of hydrogen-bond donors (Lipinski definition) is 0. The van der Waals surface area contributed by atoms with Gasteiger partial charge in [0.1, 0.15) is 6.33 Å². The van der Waals surface area contributed by atoms with E-state index in [2.05, 4.69) is 19.9 Å². The number of rotatable bonds is 4. The number of aromatic nitrogens is 5. The third-order valence-corrected chi connectivity index (χ3v) is 4.96. The predicted molar refractivity (Wildman–Crippen MR) is 88.5 cm³/mol. The van der Waals surface area contributed by atoms with E-state index in [1.54, 1.807) is 30.1 Å². The van der Waals surface area contributed by atoms with Crippen molar-refractivity contribution in [1.29, 1.82) is 0 Å². The molecule has 0 aromatic carbocycles. The SMILES string of the molecule is c1cn(-c2cncc([C@@H]3CCCN(Cc4cncs4)C3)n2)cn1. The van der Waals surface area contributed by atoms with Gasteiger partial charge in [-0.3, -0.25) is 19.4 Å². The molecule has 0 radical (unpaired) electrons. The number of likely N-dealkylation sites (tertiary alicyclic amines) is 1. The topological polar surface area (TPSA) is 59.7 Å². The standard InChI is InChI=1S/C16H18N6S/c1-2-13(9-21(4-1)10-14-6-19-12-23-14)15-7-18-8-16(20-15)22-5-3-17-11-22/h3,5-8,11-13H,1-2,4,9-10H2/t13-/m1/s1. The quantitative estimate of drug-likeness (QED) is 0.737. The first-order chi connectivity index (χ1) is 11.4. The minimum atomic E-state index is 0.438. The van der Waals surface area contributed by atoms with Crippen LogP contribution in [0.4, 0.5) is 0 Å². The van der Waals surface area contributed by atoms with Crippen LogP contribution in [0.1, 0.15) is 29.3 Å². The van der Waals surface area contributed by atoms with Gasteiger partial charge in [-0.15, -0.1) is 11.3 Å². The largest absolute Gasteiger partial charge is 0.298 e. The van der Waals surface area contributed by atoms with Crippen LogP contribution in [0, 0.1) is 0 Å². The summed E-state index contributed by atoms with van der Waals surface area (Å²) in [5.74, 6) is 1.27. The zero-order chi connectivity index (χ0) is 15.5. The summed E-state index contributed by atoms with van der Waals surface area (Å²) in [5, 5.41) is 0. The molecule has 3 aromatic heterocycles. The van der Waals surface area contributed by atoms with Crippen molar-refractivity contribution in [2.24, 2.45) is 0 Å². The first kappa shape index (κ1) is 14.5. The smallest absolute Gasteiger partial charge is 0.156 e. The highest BCUT2D eigenvalue weighted by Crippen LogP contribution is 2.27. The highest BCUT2D eigenvalue weighted by molar-refractivity contribution is 7.09. The maximum Gasteiger partial charge on any atom is 0.156 e. The maximum atomic E-state index is 4.79. The Balaban J connectivity index is 1.50. The van der Waals surface area contributed by atoms with Crippen LogP contribution in [0.2, 0.25) is 0 Å². The van der Waals surface area contributed by atoms with Crippen LogP contribution in [-0.4, -0.2) is 42.5 Å². The molecule has 6 nitrogen and oxygen atoms in total. The van der Waals surface area contributed by atoms with E-state index in [0.29, 0.717) is 5.92 Å². The molecule has 4 rings (SSSR count). The first-order valence-corrected chi connectivity index (χ1v) is 8.66. The van der Waals surface area contributed by atoms with E-state index in [1.165, 1.54) is 17.7 Å². The number of thiazole rings is 1. The molecule has 0 spiro atoms. The van der Waals surface area contributed by atoms with Gasteiger partial charge in [0.15, 0.2) is 5.82 Å². The van der Waals surface area contributed by atoms with E-state index in [-0.39, 0.29) is 0 Å². The Hall–Kier alpha value is -2.12. The van der Waals surface area contributed by atoms with Gasteiger partial charge in [0, 0.05) is 48.7 Å². The normalized spacial score (nSPS) is 19.0. The molecule has 23 heavy (non-hydrogen) atoms. The molecule has 0 unspecified atom stereocenters. The second-order valence-electron chi connectivity index (χ2n) is 5.81. The summed E-state index contributed by atoms with van der Waals surface area (Å²) in [4.78, 5) is 21.2. The molecule has 1 aliphatic rings. The Morgan fingerprint density at radius 2 is 2.17 bits per heavy atom. The Kier molecular flexibility index (Phi) is 4.12. The van der Waals surface area contributed by atoms with Crippen LogP contribution >= 0.6 is 11.3 Å². The molecule has 0 amide bonds. The molecule has 1 atom stereocenters. The number of nitrogens with zero attached hydrogens (tertiary/aromatic N) is 6. The zero-order valence-corrected chi connectivity index (χ0v) is 13.6. The fourth-order valence-electron chi connectivity index (χ4n) is 3.07. The molecule has 1 aliphatic heterocycles. The summed E-state index contributed by atoms with van der Waals surface area (Å²) in [5.41, 5.74) is 2.97. The summed E-state index contributed by atoms with van der Waals surface area (Å²) < 4.78 is 1.90. The molecule has 0 aliphatic carbocycles. The van der Waals surface area contributed by atoms with Crippen LogP contribution in [0.15, 0.2) is 42.8 Å². The van der Waals surface area contributed by atoms with Gasteiger partial charge in [-0.25, -0.2) is 9.97 Å². The highest BCUT2D eigenvalue weighted by atomic mass is 32.1. The third-order valence-electron chi connectivity index (χ3n) is 4.20. The van der Waals surface area contributed by atoms with E-state index in [1.807, 2.05) is 28.7 Å². The van der Waals surface area contributed by atoms with Gasteiger partial charge >= 0.3 is 0 Å². The van der Waals surface area contributed by atoms with Gasteiger partial charge in [0.25, 0.3) is 0 Å². The van der Waals surface area contributed by atoms with Crippen molar-refractivity contribution in [2.75, 3.05) is 13.1 Å². The number of hydrogen-bond acceptors (Lipinski definition) is 6. The van der Waals surface area contributed by atoms with Gasteiger partial charge in [0.05, 0.1) is 17.4 Å².